The Bertz CT molecular complexity index is 1090. The minimum absolute atomic E-state index is 0.117. The third-order valence-electron chi connectivity index (χ3n) is 4.32. The van der Waals surface area contributed by atoms with Crippen molar-refractivity contribution in [2.75, 3.05) is 11.9 Å². The van der Waals surface area contributed by atoms with Gasteiger partial charge in [-0.3, -0.25) is 20.2 Å². The quantitative estimate of drug-likeness (QED) is 0.260. The Hall–Kier alpha value is -3.33. The van der Waals surface area contributed by atoms with Gasteiger partial charge in [0.15, 0.2) is 5.13 Å². The highest BCUT2D eigenvalue weighted by atomic mass is 32.1. The number of nitrogens with zero attached hydrogens (tertiary/aromatic N) is 2. The summed E-state index contributed by atoms with van der Waals surface area (Å²) >= 11 is 1.21. The van der Waals surface area contributed by atoms with Gasteiger partial charge in [-0.1, -0.05) is 30.7 Å². The number of esters is 1. The predicted octanol–water partition coefficient (Wildman–Crippen LogP) is 4.72. The first-order valence-corrected chi connectivity index (χ1v) is 9.85. The van der Waals surface area contributed by atoms with Crippen molar-refractivity contribution in [2.24, 2.45) is 0 Å². The molecule has 0 fully saturated rings. The van der Waals surface area contributed by atoms with Gasteiger partial charge in [0.05, 0.1) is 27.3 Å². The zero-order chi connectivity index (χ0) is 21.0. The lowest BCUT2D eigenvalue weighted by Crippen LogP contribution is -2.13. The summed E-state index contributed by atoms with van der Waals surface area (Å²) < 4.78 is 5.93. The Morgan fingerprint density at radius 3 is 2.79 bits per heavy atom. The summed E-state index contributed by atoms with van der Waals surface area (Å²) in [7, 11) is 0. The van der Waals surface area contributed by atoms with Gasteiger partial charge in [0, 0.05) is 17.2 Å². The number of rotatable bonds is 7. The molecular weight excluding hydrogens is 394 g/mol. The number of fused-ring (bicyclic) bond motifs is 1. The van der Waals surface area contributed by atoms with Crippen molar-refractivity contribution >= 4 is 44.2 Å². The van der Waals surface area contributed by atoms with Crippen LogP contribution in [0.25, 0.3) is 10.2 Å². The van der Waals surface area contributed by atoms with Crippen LogP contribution in [0.5, 0.6) is 0 Å². The summed E-state index contributed by atoms with van der Waals surface area (Å²) in [6.07, 6.45) is 1.75. The molecule has 9 heteroatoms. The fraction of sp³-hybridized carbons (Fsp3) is 0.250. The van der Waals surface area contributed by atoms with Crippen molar-refractivity contribution in [1.29, 1.82) is 0 Å². The summed E-state index contributed by atoms with van der Waals surface area (Å²) in [5.41, 5.74) is 1.43. The molecule has 1 amide bonds. The second-order valence-electron chi connectivity index (χ2n) is 6.35. The highest BCUT2D eigenvalue weighted by molar-refractivity contribution is 7.22. The summed E-state index contributed by atoms with van der Waals surface area (Å²) in [6, 6.07) is 9.34. The van der Waals surface area contributed by atoms with E-state index < -0.39 is 16.8 Å². The molecule has 3 aromatic rings. The van der Waals surface area contributed by atoms with E-state index in [1.807, 2.05) is 6.92 Å². The van der Waals surface area contributed by atoms with Crippen molar-refractivity contribution < 1.29 is 19.2 Å². The molecular formula is C20H19N3O5S. The van der Waals surface area contributed by atoms with E-state index in [1.54, 1.807) is 18.2 Å². The van der Waals surface area contributed by atoms with E-state index >= 15 is 0 Å². The zero-order valence-electron chi connectivity index (χ0n) is 15.9. The smallest absolute Gasteiger partial charge is 0.338 e. The second-order valence-corrected chi connectivity index (χ2v) is 7.38. The third kappa shape index (κ3) is 4.57. The molecule has 0 spiro atoms. The Morgan fingerprint density at radius 2 is 2.07 bits per heavy atom. The number of hydrogen-bond donors (Lipinski definition) is 1. The molecule has 1 heterocycles. The van der Waals surface area contributed by atoms with Gasteiger partial charge < -0.3 is 4.74 Å². The zero-order valence-corrected chi connectivity index (χ0v) is 16.7. The van der Waals surface area contributed by atoms with Gasteiger partial charge >= 0.3 is 5.97 Å². The largest absolute Gasteiger partial charge is 0.462 e. The number of nitro groups is 1. The third-order valence-corrected chi connectivity index (χ3v) is 5.26. The molecule has 0 aliphatic carbocycles. The van der Waals surface area contributed by atoms with Crippen LogP contribution in [0.1, 0.15) is 46.0 Å². The van der Waals surface area contributed by atoms with Crippen LogP contribution in [0, 0.1) is 17.0 Å². The van der Waals surface area contributed by atoms with E-state index in [9.17, 15) is 19.7 Å². The van der Waals surface area contributed by atoms with Gasteiger partial charge in [0.2, 0.25) is 0 Å². The monoisotopic (exact) mass is 413 g/mol. The van der Waals surface area contributed by atoms with E-state index in [0.717, 1.165) is 17.5 Å². The molecule has 2 aromatic carbocycles. The standard InChI is InChI=1S/C20H19N3O5S/c1-3-4-10-28-19(25)13-8-9-15-17(11-13)29-20(21-15)22-18(24)14-6-5-7-16(12(14)2)23(26)27/h5-9,11H,3-4,10H2,1-2H3,(H,21,22,24). The molecule has 8 nitrogen and oxygen atoms in total. The first kappa shape index (κ1) is 20.4. The predicted molar refractivity (Wildman–Crippen MR) is 111 cm³/mol. The fourth-order valence-electron chi connectivity index (χ4n) is 2.73. The molecule has 0 saturated carbocycles. The number of unbranched alkanes of at least 4 members (excludes halogenated alkanes) is 1. The molecule has 0 saturated heterocycles. The van der Waals surface area contributed by atoms with Crippen LogP contribution in [-0.2, 0) is 4.74 Å². The van der Waals surface area contributed by atoms with Crippen molar-refractivity contribution in [3.63, 3.8) is 0 Å². The second kappa shape index (κ2) is 8.78. The van der Waals surface area contributed by atoms with Crippen LogP contribution in [0.4, 0.5) is 10.8 Å². The van der Waals surface area contributed by atoms with Crippen molar-refractivity contribution in [3.05, 3.63) is 63.2 Å². The SMILES string of the molecule is CCCCOC(=O)c1ccc2nc(NC(=O)c3cccc([N+](=O)[O-])c3C)sc2c1. The van der Waals surface area contributed by atoms with Crippen LogP contribution in [0.2, 0.25) is 0 Å². The highest BCUT2D eigenvalue weighted by Gasteiger charge is 2.19. The Balaban J connectivity index is 1.79. The minimum Gasteiger partial charge on any atom is -0.462 e. The number of benzene rings is 2. The average Bonchev–Trinajstić information content (AvgIpc) is 3.09. The number of aromatic nitrogens is 1. The number of carbonyl (C=O) groups excluding carboxylic acids is 2. The van der Waals surface area contributed by atoms with Gasteiger partial charge in [0.25, 0.3) is 11.6 Å². The van der Waals surface area contributed by atoms with Crippen LogP contribution in [0.15, 0.2) is 36.4 Å². The van der Waals surface area contributed by atoms with Gasteiger partial charge in [-0.25, -0.2) is 9.78 Å². The van der Waals surface area contributed by atoms with E-state index in [4.69, 9.17) is 4.74 Å². The molecule has 29 heavy (non-hydrogen) atoms. The molecule has 0 radical (unpaired) electrons. The number of nitro benzene ring substituents is 1. The van der Waals surface area contributed by atoms with Crippen LogP contribution in [-0.4, -0.2) is 28.4 Å². The summed E-state index contributed by atoms with van der Waals surface area (Å²) in [5.74, 6) is -0.879. The Kier molecular flexibility index (Phi) is 6.18. The highest BCUT2D eigenvalue weighted by Crippen LogP contribution is 2.28. The molecule has 0 unspecified atom stereocenters. The lowest BCUT2D eigenvalue weighted by molar-refractivity contribution is -0.385. The van der Waals surface area contributed by atoms with Gasteiger partial charge in [-0.05, 0) is 37.6 Å². The first-order valence-electron chi connectivity index (χ1n) is 9.03. The molecule has 1 aromatic heterocycles. The van der Waals surface area contributed by atoms with Crippen LogP contribution < -0.4 is 5.32 Å². The normalized spacial score (nSPS) is 10.7. The number of carbonyl (C=O) groups is 2. The van der Waals surface area contributed by atoms with Gasteiger partial charge in [0.1, 0.15) is 0 Å². The summed E-state index contributed by atoms with van der Waals surface area (Å²) in [6.45, 7) is 3.92. The van der Waals surface area contributed by atoms with Crippen molar-refractivity contribution in [2.45, 2.75) is 26.7 Å². The van der Waals surface area contributed by atoms with Gasteiger partial charge in [-0.2, -0.15) is 0 Å². The van der Waals surface area contributed by atoms with Crippen LogP contribution >= 0.6 is 11.3 Å². The van der Waals surface area contributed by atoms with E-state index in [-0.39, 0.29) is 16.8 Å². The molecule has 0 atom stereocenters. The number of anilines is 1. The number of amides is 1. The summed E-state index contributed by atoms with van der Waals surface area (Å²) in [4.78, 5) is 39.5. The lowest BCUT2D eigenvalue weighted by Gasteiger charge is -2.05. The van der Waals surface area contributed by atoms with Crippen molar-refractivity contribution in [3.8, 4) is 0 Å². The minimum atomic E-state index is -0.523. The van der Waals surface area contributed by atoms with Crippen LogP contribution in [0.3, 0.4) is 0 Å². The maximum Gasteiger partial charge on any atom is 0.338 e. The van der Waals surface area contributed by atoms with E-state index in [1.165, 1.54) is 36.5 Å². The van der Waals surface area contributed by atoms with E-state index in [0.29, 0.717) is 22.8 Å². The maximum absolute atomic E-state index is 12.6. The fourth-order valence-corrected chi connectivity index (χ4v) is 3.63. The Morgan fingerprint density at radius 1 is 1.28 bits per heavy atom. The van der Waals surface area contributed by atoms with Gasteiger partial charge in [-0.15, -0.1) is 0 Å². The Labute approximate surface area is 170 Å². The molecule has 0 aliphatic rings. The molecule has 1 N–H and O–H groups in total. The molecule has 150 valence electrons. The molecule has 0 aliphatic heterocycles. The number of hydrogen-bond acceptors (Lipinski definition) is 7. The number of nitrogens with one attached hydrogen (secondary N) is 1. The van der Waals surface area contributed by atoms with E-state index in [2.05, 4.69) is 10.3 Å². The first-order chi connectivity index (χ1) is 13.9. The number of ether oxygens (including phenoxy) is 1. The molecule has 3 rings (SSSR count). The average molecular weight is 413 g/mol. The van der Waals surface area contributed by atoms with Crippen molar-refractivity contribution in [1.82, 2.24) is 4.98 Å². The lowest BCUT2D eigenvalue weighted by atomic mass is 10.1. The maximum atomic E-state index is 12.6. The number of thiazole rings is 1. The topological polar surface area (TPSA) is 111 Å². The summed E-state index contributed by atoms with van der Waals surface area (Å²) in [5, 5.41) is 14.1. The molecule has 0 bridgehead atoms.